The number of carbonyl (C=O) groups excluding carboxylic acids is 4. The van der Waals surface area contributed by atoms with Gasteiger partial charge < -0.3 is 14.3 Å². The second-order valence-electron chi connectivity index (χ2n) is 12.5. The minimum atomic E-state index is -1.52. The molecule has 2 aliphatic heterocycles. The highest BCUT2D eigenvalue weighted by atomic mass is 35.5. The number of hydrogen-bond acceptors (Lipinski definition) is 8. The molecule has 0 spiro atoms. The van der Waals surface area contributed by atoms with Crippen molar-refractivity contribution in [2.24, 2.45) is 23.7 Å². The molecule has 2 aliphatic carbocycles. The molecule has 7 rings (SSSR count). The van der Waals surface area contributed by atoms with E-state index in [-0.39, 0.29) is 29.9 Å². The number of nitrogens with zero attached hydrogens (tertiary/aromatic N) is 2. The van der Waals surface area contributed by atoms with Gasteiger partial charge in [-0.25, -0.2) is 0 Å². The predicted molar refractivity (Wildman–Crippen MR) is 172 cm³/mol. The molecule has 3 fully saturated rings. The van der Waals surface area contributed by atoms with Crippen LogP contribution in [0.4, 0.5) is 5.69 Å². The van der Waals surface area contributed by atoms with Crippen molar-refractivity contribution in [1.29, 1.82) is 0 Å². The van der Waals surface area contributed by atoms with Crippen molar-refractivity contribution in [3.63, 3.8) is 0 Å². The van der Waals surface area contributed by atoms with E-state index in [1.165, 1.54) is 11.0 Å². The molecule has 2 saturated heterocycles. The van der Waals surface area contributed by atoms with Gasteiger partial charge in [-0.2, -0.15) is 5.01 Å². The first kappa shape index (κ1) is 31.5. The van der Waals surface area contributed by atoms with Crippen molar-refractivity contribution >= 4 is 52.5 Å². The van der Waals surface area contributed by atoms with Crippen LogP contribution in [0, 0.1) is 23.7 Å². The number of fused-ring (bicyclic) bond motifs is 4. The number of methoxy groups -OCH3 is 1. The Hall–Kier alpha value is -4.12. The number of aliphatic hydroxyl groups excluding tert-OH is 1. The number of halogens is 2. The van der Waals surface area contributed by atoms with Crippen molar-refractivity contribution in [2.45, 2.75) is 44.1 Å². The Morgan fingerprint density at radius 2 is 1.77 bits per heavy atom. The number of hydrogen-bond donors (Lipinski definition) is 2. The van der Waals surface area contributed by atoms with E-state index in [1.807, 2.05) is 13.0 Å². The highest BCUT2D eigenvalue weighted by molar-refractivity contribution is 6.36. The highest BCUT2D eigenvalue weighted by Gasteiger charge is 2.71. The average Bonchev–Trinajstić information content (AvgIpc) is 3.71. The largest absolute Gasteiger partial charge is 0.497 e. The third kappa shape index (κ3) is 4.63. The van der Waals surface area contributed by atoms with E-state index in [1.54, 1.807) is 55.6 Å². The zero-order valence-electron chi connectivity index (χ0n) is 25.7. The second kappa shape index (κ2) is 11.8. The number of amides is 4. The predicted octanol–water partition coefficient (Wildman–Crippen LogP) is 5.48. The third-order valence-electron chi connectivity index (χ3n) is 10.2. The van der Waals surface area contributed by atoms with Crippen molar-refractivity contribution in [3.05, 3.63) is 93.4 Å². The van der Waals surface area contributed by atoms with Gasteiger partial charge >= 0.3 is 0 Å². The van der Waals surface area contributed by atoms with Gasteiger partial charge in [-0.15, -0.1) is 0 Å². The molecule has 244 valence electrons. The summed E-state index contributed by atoms with van der Waals surface area (Å²) < 4.78 is 11.6. The molecule has 6 atom stereocenters. The molecule has 2 aromatic carbocycles. The SMILES string of the molecule is CCCN1C(=O)C2CC=C3C(CC4C(=O)N(Nc5ccc(Cl)cc5Cl)C(=O)C4(c4ccc(OC)cc4)C3c3ccc(CO)o3)C2C1=O. The first-order valence-corrected chi connectivity index (χ1v) is 16.4. The quantitative estimate of drug-likeness (QED) is 0.237. The van der Waals surface area contributed by atoms with Crippen LogP contribution in [0.3, 0.4) is 0 Å². The average molecular weight is 679 g/mol. The van der Waals surface area contributed by atoms with Crippen LogP contribution in [-0.2, 0) is 31.2 Å². The minimum Gasteiger partial charge on any atom is -0.497 e. The monoisotopic (exact) mass is 677 g/mol. The van der Waals surface area contributed by atoms with E-state index in [0.717, 1.165) is 10.6 Å². The molecule has 47 heavy (non-hydrogen) atoms. The third-order valence-corrected chi connectivity index (χ3v) is 10.8. The van der Waals surface area contributed by atoms with Crippen LogP contribution in [0.2, 0.25) is 10.0 Å². The lowest BCUT2D eigenvalue weighted by Gasteiger charge is -2.49. The fourth-order valence-corrected chi connectivity index (χ4v) is 8.75. The van der Waals surface area contributed by atoms with Crippen LogP contribution in [-0.4, -0.2) is 52.3 Å². The number of aliphatic hydroxyl groups is 1. The van der Waals surface area contributed by atoms with Crippen molar-refractivity contribution in [1.82, 2.24) is 9.91 Å². The molecule has 3 heterocycles. The fourth-order valence-electron chi connectivity index (χ4n) is 8.30. The summed E-state index contributed by atoms with van der Waals surface area (Å²) in [5.74, 6) is -3.77. The van der Waals surface area contributed by atoms with Crippen LogP contribution in [0.5, 0.6) is 5.75 Å². The lowest BCUT2D eigenvalue weighted by atomic mass is 9.50. The zero-order valence-corrected chi connectivity index (χ0v) is 27.3. The number of rotatable bonds is 8. The Morgan fingerprint density at radius 3 is 2.43 bits per heavy atom. The number of nitrogens with one attached hydrogen (secondary N) is 1. The van der Waals surface area contributed by atoms with Crippen LogP contribution >= 0.6 is 23.2 Å². The van der Waals surface area contributed by atoms with E-state index >= 15 is 4.79 Å². The number of furan rings is 1. The number of imide groups is 2. The Labute approximate surface area is 281 Å². The topological polar surface area (TPSA) is 129 Å². The van der Waals surface area contributed by atoms with Crippen molar-refractivity contribution in [3.8, 4) is 5.75 Å². The van der Waals surface area contributed by atoms with Gasteiger partial charge in [0.15, 0.2) is 0 Å². The molecule has 1 aromatic heterocycles. The van der Waals surface area contributed by atoms with E-state index in [4.69, 9.17) is 32.4 Å². The van der Waals surface area contributed by atoms with E-state index in [0.29, 0.717) is 52.9 Å². The number of ether oxygens (including phenoxy) is 1. The van der Waals surface area contributed by atoms with Gasteiger partial charge in [0.25, 0.3) is 11.8 Å². The molecule has 4 aliphatic rings. The summed E-state index contributed by atoms with van der Waals surface area (Å²) in [7, 11) is 1.54. The first-order chi connectivity index (χ1) is 22.6. The number of anilines is 1. The summed E-state index contributed by atoms with van der Waals surface area (Å²) in [6.07, 6.45) is 3.06. The van der Waals surface area contributed by atoms with Gasteiger partial charge in [-0.05, 0) is 73.2 Å². The molecule has 0 radical (unpaired) electrons. The smallest absolute Gasteiger partial charge is 0.260 e. The lowest BCUT2D eigenvalue weighted by Crippen LogP contribution is -2.53. The molecule has 1 saturated carbocycles. The Morgan fingerprint density at radius 1 is 1.00 bits per heavy atom. The van der Waals surface area contributed by atoms with Crippen LogP contribution in [0.25, 0.3) is 0 Å². The number of allylic oxidation sites excluding steroid dienone is 2. The van der Waals surface area contributed by atoms with Crippen molar-refractivity contribution < 1.29 is 33.4 Å². The highest BCUT2D eigenvalue weighted by Crippen LogP contribution is 2.64. The molecule has 0 bridgehead atoms. The van der Waals surface area contributed by atoms with E-state index in [2.05, 4.69) is 5.43 Å². The molecule has 6 unspecified atom stereocenters. The molecule has 2 N–H and O–H groups in total. The van der Waals surface area contributed by atoms with Crippen LogP contribution in [0.15, 0.2) is 70.7 Å². The zero-order chi connectivity index (χ0) is 33.2. The summed E-state index contributed by atoms with van der Waals surface area (Å²) >= 11 is 12.6. The Kier molecular flexibility index (Phi) is 7.93. The molecule has 4 amide bonds. The van der Waals surface area contributed by atoms with Gasteiger partial charge in [0.05, 0.1) is 41.5 Å². The second-order valence-corrected chi connectivity index (χ2v) is 13.3. The van der Waals surface area contributed by atoms with E-state index < -0.39 is 46.8 Å². The maximum Gasteiger partial charge on any atom is 0.260 e. The molecular formula is C35H33Cl2N3O7. The number of likely N-dealkylation sites (tertiary alicyclic amines) is 1. The summed E-state index contributed by atoms with van der Waals surface area (Å²) in [5, 5.41) is 11.6. The summed E-state index contributed by atoms with van der Waals surface area (Å²) in [4.78, 5) is 58.5. The van der Waals surface area contributed by atoms with Gasteiger partial charge in [0, 0.05) is 11.6 Å². The Bertz CT molecular complexity index is 1820. The van der Waals surface area contributed by atoms with Crippen molar-refractivity contribution in [2.75, 3.05) is 19.1 Å². The van der Waals surface area contributed by atoms with Crippen LogP contribution in [0.1, 0.15) is 49.2 Å². The molecule has 3 aromatic rings. The van der Waals surface area contributed by atoms with E-state index in [9.17, 15) is 19.5 Å². The summed E-state index contributed by atoms with van der Waals surface area (Å²) in [5.41, 5.74) is 3.07. The minimum absolute atomic E-state index is 0.152. The summed E-state index contributed by atoms with van der Waals surface area (Å²) in [6.45, 7) is 1.87. The number of carbonyl (C=O) groups is 4. The normalized spacial score (nSPS) is 28.3. The molecule has 12 heteroatoms. The van der Waals surface area contributed by atoms with Gasteiger partial charge in [0.2, 0.25) is 11.8 Å². The fraction of sp³-hybridized carbons (Fsp3) is 0.371. The maximum atomic E-state index is 15.1. The molecular weight excluding hydrogens is 645 g/mol. The number of hydrazine groups is 1. The summed E-state index contributed by atoms with van der Waals surface area (Å²) in [6, 6.07) is 15.1. The maximum absolute atomic E-state index is 15.1. The van der Waals surface area contributed by atoms with Gasteiger partial charge in [0.1, 0.15) is 29.3 Å². The Balaban J connectivity index is 1.44. The molecule has 10 nitrogen and oxygen atoms in total. The first-order valence-electron chi connectivity index (χ1n) is 15.6. The van der Waals surface area contributed by atoms with Crippen LogP contribution < -0.4 is 10.2 Å². The standard InChI is InChI=1S/C35H33Cl2N3O7/c1-3-14-39-31(42)23-11-10-22-24(29(23)33(39)44)16-25-32(43)40(38-27-12-6-19(36)15-26(27)37)34(45)35(25,18-4-7-20(46-2)8-5-18)30(22)28-13-9-21(17-41)47-28/h4-10,12-13,15,23-25,29-30,38,41H,3,11,14,16-17H2,1-2H3. The number of benzene rings is 2. The van der Waals surface area contributed by atoms with Gasteiger partial charge in [-0.3, -0.25) is 29.5 Å². The van der Waals surface area contributed by atoms with Gasteiger partial charge in [-0.1, -0.05) is 53.9 Å². The lowest BCUT2D eigenvalue weighted by molar-refractivity contribution is -0.141.